The van der Waals surface area contributed by atoms with Crippen molar-refractivity contribution in [1.82, 2.24) is 10.2 Å². The molecule has 28 heavy (non-hydrogen) atoms. The van der Waals surface area contributed by atoms with Gasteiger partial charge in [-0.05, 0) is 48.5 Å². The highest BCUT2D eigenvalue weighted by Crippen LogP contribution is 2.26. The molecule has 1 amide bonds. The Morgan fingerprint density at radius 1 is 1.11 bits per heavy atom. The molecule has 1 heterocycles. The maximum atomic E-state index is 12.1. The van der Waals surface area contributed by atoms with Crippen LogP contribution < -0.4 is 10.1 Å². The van der Waals surface area contributed by atoms with Gasteiger partial charge in [-0.25, -0.2) is 0 Å². The van der Waals surface area contributed by atoms with Crippen LogP contribution in [0.5, 0.6) is 5.75 Å². The molecule has 0 unspecified atom stereocenters. The average Bonchev–Trinajstić information content (AvgIpc) is 3.10. The lowest BCUT2D eigenvalue weighted by atomic mass is 10.2. The van der Waals surface area contributed by atoms with Gasteiger partial charge in [-0.3, -0.25) is 4.79 Å². The molecule has 0 spiro atoms. The van der Waals surface area contributed by atoms with E-state index >= 15 is 0 Å². The summed E-state index contributed by atoms with van der Waals surface area (Å²) < 4.78 is 45.6. The Kier molecular flexibility index (Phi) is 6.10. The molecule has 0 atom stereocenters. The molecule has 0 aliphatic carbocycles. The van der Waals surface area contributed by atoms with E-state index in [0.717, 1.165) is 23.9 Å². The molecular formula is C17H11ClF3N3O3S. The van der Waals surface area contributed by atoms with Crippen molar-refractivity contribution in [2.24, 2.45) is 0 Å². The number of anilines is 1. The number of ether oxygens (including phenoxy) is 1. The van der Waals surface area contributed by atoms with Gasteiger partial charge in [0.15, 0.2) is 0 Å². The first-order chi connectivity index (χ1) is 13.3. The van der Waals surface area contributed by atoms with Crippen LogP contribution >= 0.6 is 23.4 Å². The SMILES string of the molecule is O=C(CSc1nnc(-c2ccc(Cl)cc2)o1)Nc1ccc(OC(F)(F)F)cc1. The predicted octanol–water partition coefficient (Wildman–Crippen LogP) is 5.02. The summed E-state index contributed by atoms with van der Waals surface area (Å²) in [6.45, 7) is 0. The molecule has 3 rings (SSSR count). The molecule has 0 radical (unpaired) electrons. The second-order valence-corrected chi connectivity index (χ2v) is 6.65. The minimum Gasteiger partial charge on any atom is -0.411 e. The molecule has 0 aliphatic rings. The summed E-state index contributed by atoms with van der Waals surface area (Å²) >= 11 is 6.85. The van der Waals surface area contributed by atoms with Crippen molar-refractivity contribution in [3.8, 4) is 17.2 Å². The highest BCUT2D eigenvalue weighted by molar-refractivity contribution is 7.99. The van der Waals surface area contributed by atoms with Crippen molar-refractivity contribution < 1.29 is 27.1 Å². The predicted molar refractivity (Wildman–Crippen MR) is 97.2 cm³/mol. The number of rotatable bonds is 6. The minimum absolute atomic E-state index is 0.0247. The summed E-state index contributed by atoms with van der Waals surface area (Å²) in [6.07, 6.45) is -4.77. The van der Waals surface area contributed by atoms with Crippen LogP contribution in [0.3, 0.4) is 0 Å². The van der Waals surface area contributed by atoms with Crippen molar-refractivity contribution in [3.63, 3.8) is 0 Å². The van der Waals surface area contributed by atoms with Gasteiger partial charge in [-0.2, -0.15) is 0 Å². The van der Waals surface area contributed by atoms with Crippen molar-refractivity contribution >= 4 is 35.0 Å². The Balaban J connectivity index is 1.51. The van der Waals surface area contributed by atoms with Gasteiger partial charge < -0.3 is 14.5 Å². The molecule has 0 aliphatic heterocycles. The van der Waals surface area contributed by atoms with Gasteiger partial charge in [-0.1, -0.05) is 23.4 Å². The van der Waals surface area contributed by atoms with E-state index in [-0.39, 0.29) is 22.6 Å². The van der Waals surface area contributed by atoms with Crippen molar-refractivity contribution in [1.29, 1.82) is 0 Å². The highest BCUT2D eigenvalue weighted by atomic mass is 35.5. The van der Waals surface area contributed by atoms with Crippen molar-refractivity contribution in [2.45, 2.75) is 11.6 Å². The Hall–Kier alpha value is -2.72. The number of hydrogen-bond acceptors (Lipinski definition) is 6. The molecular weight excluding hydrogens is 419 g/mol. The smallest absolute Gasteiger partial charge is 0.411 e. The zero-order chi connectivity index (χ0) is 20.1. The molecule has 1 aromatic heterocycles. The third kappa shape index (κ3) is 5.89. The summed E-state index contributed by atoms with van der Waals surface area (Å²) in [6, 6.07) is 11.6. The molecule has 1 N–H and O–H groups in total. The summed E-state index contributed by atoms with van der Waals surface area (Å²) in [5, 5.41) is 11.1. The van der Waals surface area contributed by atoms with Crippen molar-refractivity contribution in [3.05, 3.63) is 53.6 Å². The summed E-state index contributed by atoms with van der Waals surface area (Å²) in [5.74, 6) is -0.496. The molecule has 2 aromatic carbocycles. The number of alkyl halides is 3. The van der Waals surface area contributed by atoms with E-state index in [2.05, 4.69) is 20.3 Å². The molecule has 0 saturated carbocycles. The zero-order valence-electron chi connectivity index (χ0n) is 13.9. The lowest BCUT2D eigenvalue weighted by Crippen LogP contribution is -2.17. The zero-order valence-corrected chi connectivity index (χ0v) is 15.4. The van der Waals surface area contributed by atoms with Gasteiger partial charge in [0, 0.05) is 16.3 Å². The van der Waals surface area contributed by atoms with Crippen LogP contribution in [0.15, 0.2) is 58.2 Å². The normalized spacial score (nSPS) is 11.3. The summed E-state index contributed by atoms with van der Waals surface area (Å²) in [4.78, 5) is 12.0. The Bertz CT molecular complexity index is 947. The molecule has 0 fully saturated rings. The number of halogens is 4. The number of nitrogens with zero attached hydrogens (tertiary/aromatic N) is 2. The van der Waals surface area contributed by atoms with Crippen LogP contribution in [0.25, 0.3) is 11.5 Å². The van der Waals surface area contributed by atoms with E-state index in [1.54, 1.807) is 24.3 Å². The first kappa shape index (κ1) is 20.0. The highest BCUT2D eigenvalue weighted by Gasteiger charge is 2.30. The van der Waals surface area contributed by atoms with E-state index in [0.29, 0.717) is 22.2 Å². The van der Waals surface area contributed by atoms with E-state index in [1.807, 2.05) is 0 Å². The van der Waals surface area contributed by atoms with E-state index < -0.39 is 6.36 Å². The topological polar surface area (TPSA) is 77.2 Å². The maximum Gasteiger partial charge on any atom is 0.573 e. The number of benzene rings is 2. The summed E-state index contributed by atoms with van der Waals surface area (Å²) in [5.41, 5.74) is 1.02. The number of carbonyl (C=O) groups excluding carboxylic acids is 1. The van der Waals surface area contributed by atoms with Crippen LogP contribution in [0.1, 0.15) is 0 Å². The fraction of sp³-hybridized carbons (Fsp3) is 0.118. The second kappa shape index (κ2) is 8.53. The Morgan fingerprint density at radius 3 is 2.43 bits per heavy atom. The van der Waals surface area contributed by atoms with Crippen LogP contribution in [0.2, 0.25) is 5.02 Å². The number of aromatic nitrogens is 2. The first-order valence-corrected chi connectivity index (χ1v) is 9.03. The van der Waals surface area contributed by atoms with Gasteiger partial charge in [0.05, 0.1) is 5.75 Å². The third-order valence-electron chi connectivity index (χ3n) is 3.20. The Morgan fingerprint density at radius 2 is 1.79 bits per heavy atom. The number of amides is 1. The maximum absolute atomic E-state index is 12.1. The molecule has 0 saturated heterocycles. The van der Waals surface area contributed by atoms with Crippen LogP contribution in [0.4, 0.5) is 18.9 Å². The first-order valence-electron chi connectivity index (χ1n) is 7.66. The molecule has 146 valence electrons. The minimum atomic E-state index is -4.77. The fourth-order valence-corrected chi connectivity index (χ4v) is 2.73. The quantitative estimate of drug-likeness (QED) is 0.554. The van der Waals surface area contributed by atoms with E-state index in [4.69, 9.17) is 16.0 Å². The van der Waals surface area contributed by atoms with Crippen LogP contribution in [-0.4, -0.2) is 28.2 Å². The monoisotopic (exact) mass is 429 g/mol. The number of thioether (sulfide) groups is 1. The van der Waals surface area contributed by atoms with E-state index in [1.165, 1.54) is 12.1 Å². The number of nitrogens with one attached hydrogen (secondary N) is 1. The number of hydrogen-bond donors (Lipinski definition) is 1. The lowest BCUT2D eigenvalue weighted by Gasteiger charge is -2.09. The summed E-state index contributed by atoms with van der Waals surface area (Å²) in [7, 11) is 0. The standard InChI is InChI=1S/C17H11ClF3N3O3S/c18-11-3-1-10(2-4-11)15-23-24-16(26-15)28-9-14(25)22-12-5-7-13(8-6-12)27-17(19,20)21/h1-8H,9H2,(H,22,25). The van der Waals surface area contributed by atoms with Crippen LogP contribution in [-0.2, 0) is 4.79 Å². The Labute approximate surface area is 166 Å². The molecule has 3 aromatic rings. The molecule has 0 bridgehead atoms. The fourth-order valence-electron chi connectivity index (χ4n) is 2.04. The van der Waals surface area contributed by atoms with Gasteiger partial charge >= 0.3 is 6.36 Å². The van der Waals surface area contributed by atoms with Gasteiger partial charge in [0.2, 0.25) is 11.8 Å². The largest absolute Gasteiger partial charge is 0.573 e. The van der Waals surface area contributed by atoms with Gasteiger partial charge in [-0.15, -0.1) is 23.4 Å². The molecule has 6 nitrogen and oxygen atoms in total. The van der Waals surface area contributed by atoms with E-state index in [9.17, 15) is 18.0 Å². The van der Waals surface area contributed by atoms with Gasteiger partial charge in [0.1, 0.15) is 5.75 Å². The lowest BCUT2D eigenvalue weighted by molar-refractivity contribution is -0.274. The third-order valence-corrected chi connectivity index (χ3v) is 4.27. The molecule has 11 heteroatoms. The van der Waals surface area contributed by atoms with Crippen molar-refractivity contribution in [2.75, 3.05) is 11.1 Å². The second-order valence-electron chi connectivity index (χ2n) is 5.29. The van der Waals surface area contributed by atoms with Crippen LogP contribution in [0, 0.1) is 0 Å². The average molecular weight is 430 g/mol. The number of carbonyl (C=O) groups is 1. The van der Waals surface area contributed by atoms with Gasteiger partial charge in [0.25, 0.3) is 5.22 Å².